The molecular weight excluding hydrogens is 316 g/mol. The second-order valence-corrected chi connectivity index (χ2v) is 7.81. The van der Waals surface area contributed by atoms with Crippen LogP contribution in [-0.4, -0.2) is 15.0 Å². The second-order valence-electron chi connectivity index (χ2n) is 4.33. The molecule has 4 nitrogen and oxygen atoms in total. The number of hydrogen-bond donors (Lipinski definition) is 2. The van der Waals surface area contributed by atoms with E-state index in [9.17, 15) is 8.42 Å². The smallest absolute Gasteiger partial charge is 0.271 e. The predicted molar refractivity (Wildman–Crippen MR) is 84.1 cm³/mol. The van der Waals surface area contributed by atoms with Crippen molar-refractivity contribution < 1.29 is 8.42 Å². The zero-order chi connectivity index (χ0) is 14.8. The van der Waals surface area contributed by atoms with E-state index >= 15 is 0 Å². The van der Waals surface area contributed by atoms with Crippen LogP contribution in [0.25, 0.3) is 0 Å². The van der Waals surface area contributed by atoms with Gasteiger partial charge in [-0.2, -0.15) is 0 Å². The molecule has 0 spiro atoms. The molecule has 1 aromatic carbocycles. The van der Waals surface area contributed by atoms with Crippen LogP contribution >= 0.6 is 22.9 Å². The Kier molecular flexibility index (Phi) is 4.70. The van der Waals surface area contributed by atoms with E-state index in [0.29, 0.717) is 23.7 Å². The summed E-state index contributed by atoms with van der Waals surface area (Å²) >= 11 is 7.22. The van der Waals surface area contributed by atoms with Crippen molar-refractivity contribution in [3.63, 3.8) is 0 Å². The first-order valence-electron chi connectivity index (χ1n) is 6.00. The molecule has 2 aromatic rings. The van der Waals surface area contributed by atoms with Gasteiger partial charge in [-0.25, -0.2) is 8.42 Å². The van der Waals surface area contributed by atoms with Gasteiger partial charge in [0, 0.05) is 9.90 Å². The van der Waals surface area contributed by atoms with Crippen LogP contribution in [0.1, 0.15) is 10.4 Å². The molecule has 1 heterocycles. The topological polar surface area (TPSA) is 72.2 Å². The summed E-state index contributed by atoms with van der Waals surface area (Å²) in [4.78, 5) is 0.954. The summed E-state index contributed by atoms with van der Waals surface area (Å²) in [7, 11) is -3.57. The van der Waals surface area contributed by atoms with Gasteiger partial charge in [0.2, 0.25) is 0 Å². The summed E-state index contributed by atoms with van der Waals surface area (Å²) in [5.74, 6) is 0. The zero-order valence-electron chi connectivity index (χ0n) is 10.9. The van der Waals surface area contributed by atoms with Crippen molar-refractivity contribution in [2.45, 2.75) is 17.6 Å². The molecule has 0 aliphatic heterocycles. The third-order valence-corrected chi connectivity index (χ3v) is 6.14. The molecule has 0 radical (unpaired) electrons. The highest BCUT2D eigenvalue weighted by atomic mass is 35.5. The van der Waals surface area contributed by atoms with Crippen molar-refractivity contribution in [1.82, 2.24) is 0 Å². The predicted octanol–water partition coefficient (Wildman–Crippen LogP) is 3.01. The summed E-state index contributed by atoms with van der Waals surface area (Å²) in [6.45, 7) is 2.36. The maximum atomic E-state index is 12.2. The maximum Gasteiger partial charge on any atom is 0.271 e. The number of benzene rings is 1. The number of rotatable bonds is 5. The van der Waals surface area contributed by atoms with Crippen molar-refractivity contribution in [2.24, 2.45) is 5.73 Å². The van der Waals surface area contributed by atoms with E-state index in [4.69, 9.17) is 17.3 Å². The number of thiophene rings is 1. The summed E-state index contributed by atoms with van der Waals surface area (Å²) < 4.78 is 27.3. The van der Waals surface area contributed by atoms with E-state index < -0.39 is 10.0 Å². The number of nitrogens with one attached hydrogen (secondary N) is 1. The average molecular weight is 331 g/mol. The normalized spacial score (nSPS) is 11.6. The number of sulfonamides is 1. The number of anilines is 1. The third-order valence-electron chi connectivity index (χ3n) is 2.72. The van der Waals surface area contributed by atoms with Crippen LogP contribution in [0.3, 0.4) is 0 Å². The average Bonchev–Trinajstić information content (AvgIpc) is 2.83. The number of hydrogen-bond acceptors (Lipinski definition) is 4. The molecule has 0 atom stereocenters. The van der Waals surface area contributed by atoms with Gasteiger partial charge in [-0.05, 0) is 49.7 Å². The van der Waals surface area contributed by atoms with E-state index in [1.54, 1.807) is 30.3 Å². The van der Waals surface area contributed by atoms with Gasteiger partial charge >= 0.3 is 0 Å². The number of halogens is 1. The molecule has 0 amide bonds. The lowest BCUT2D eigenvalue weighted by atomic mass is 10.2. The highest BCUT2D eigenvalue weighted by Crippen LogP contribution is 2.26. The Bertz CT molecular complexity index is 711. The van der Waals surface area contributed by atoms with Gasteiger partial charge in [-0.15, -0.1) is 11.3 Å². The second kappa shape index (κ2) is 6.13. The quantitative estimate of drug-likeness (QED) is 0.885. The van der Waals surface area contributed by atoms with E-state index in [1.807, 2.05) is 6.92 Å². The summed E-state index contributed by atoms with van der Waals surface area (Å²) in [6, 6.07) is 8.44. The molecule has 20 heavy (non-hydrogen) atoms. The molecule has 2 rings (SSSR count). The summed E-state index contributed by atoms with van der Waals surface area (Å²) in [5.41, 5.74) is 6.81. The summed E-state index contributed by atoms with van der Waals surface area (Å²) in [5, 5.41) is 0.528. The lowest BCUT2D eigenvalue weighted by Crippen LogP contribution is -2.11. The Morgan fingerprint density at radius 2 is 2.05 bits per heavy atom. The molecule has 0 saturated carbocycles. The molecule has 0 unspecified atom stereocenters. The Labute approximate surface area is 127 Å². The fourth-order valence-corrected chi connectivity index (χ4v) is 4.24. The molecule has 1 aromatic heterocycles. The van der Waals surface area contributed by atoms with Crippen LogP contribution in [0.5, 0.6) is 0 Å². The van der Waals surface area contributed by atoms with Crippen molar-refractivity contribution in [3.05, 3.63) is 45.8 Å². The van der Waals surface area contributed by atoms with E-state index in [-0.39, 0.29) is 4.21 Å². The first kappa shape index (κ1) is 15.3. The van der Waals surface area contributed by atoms with Gasteiger partial charge in [-0.3, -0.25) is 4.72 Å². The van der Waals surface area contributed by atoms with Crippen LogP contribution in [0, 0.1) is 6.92 Å². The minimum absolute atomic E-state index is 0.276. The largest absolute Gasteiger partial charge is 0.330 e. The van der Waals surface area contributed by atoms with E-state index in [1.165, 1.54) is 11.3 Å². The summed E-state index contributed by atoms with van der Waals surface area (Å²) in [6.07, 6.45) is 0.677. The minimum atomic E-state index is -3.57. The lowest BCUT2D eigenvalue weighted by Gasteiger charge is -2.07. The highest BCUT2D eigenvalue weighted by Gasteiger charge is 2.17. The molecule has 0 bridgehead atoms. The zero-order valence-corrected chi connectivity index (χ0v) is 13.3. The SMILES string of the molecule is Cc1ccc(NS(=O)(=O)c2ccc(CCN)s2)cc1Cl. The molecule has 0 aliphatic carbocycles. The van der Waals surface area contributed by atoms with Gasteiger partial charge in [0.1, 0.15) is 4.21 Å². The molecular formula is C13H15ClN2O2S2. The van der Waals surface area contributed by atoms with Gasteiger partial charge in [0.15, 0.2) is 0 Å². The third kappa shape index (κ3) is 3.52. The van der Waals surface area contributed by atoms with E-state index in [0.717, 1.165) is 10.4 Å². The standard InChI is InChI=1S/C13H15ClN2O2S2/c1-9-2-3-10(8-12(9)14)16-20(17,18)13-5-4-11(19-13)6-7-15/h2-5,8,16H,6-7,15H2,1H3. The van der Waals surface area contributed by atoms with Gasteiger partial charge in [0.05, 0.1) is 5.69 Å². The molecule has 3 N–H and O–H groups in total. The van der Waals surface area contributed by atoms with Crippen molar-refractivity contribution in [1.29, 1.82) is 0 Å². The molecule has 7 heteroatoms. The molecule has 0 fully saturated rings. The van der Waals surface area contributed by atoms with E-state index in [2.05, 4.69) is 4.72 Å². The number of nitrogens with two attached hydrogens (primary N) is 1. The van der Waals surface area contributed by atoms with Gasteiger partial charge in [-0.1, -0.05) is 17.7 Å². The van der Waals surface area contributed by atoms with Crippen LogP contribution in [0.2, 0.25) is 5.02 Å². The Morgan fingerprint density at radius 1 is 1.30 bits per heavy atom. The highest BCUT2D eigenvalue weighted by molar-refractivity contribution is 7.94. The van der Waals surface area contributed by atoms with Crippen LogP contribution in [0.4, 0.5) is 5.69 Å². The van der Waals surface area contributed by atoms with Crippen molar-refractivity contribution in [2.75, 3.05) is 11.3 Å². The van der Waals surface area contributed by atoms with Crippen LogP contribution in [-0.2, 0) is 16.4 Å². The Morgan fingerprint density at radius 3 is 2.70 bits per heavy atom. The van der Waals surface area contributed by atoms with Crippen LogP contribution < -0.4 is 10.5 Å². The molecule has 0 saturated heterocycles. The first-order chi connectivity index (χ1) is 9.42. The fourth-order valence-electron chi connectivity index (χ4n) is 1.64. The fraction of sp³-hybridized carbons (Fsp3) is 0.231. The number of aryl methyl sites for hydroxylation is 1. The monoisotopic (exact) mass is 330 g/mol. The van der Waals surface area contributed by atoms with Gasteiger partial charge in [0.25, 0.3) is 10.0 Å². The maximum absolute atomic E-state index is 12.2. The molecule has 108 valence electrons. The molecule has 0 aliphatic rings. The lowest BCUT2D eigenvalue weighted by molar-refractivity contribution is 0.603. The van der Waals surface area contributed by atoms with Crippen LogP contribution in [0.15, 0.2) is 34.5 Å². The van der Waals surface area contributed by atoms with Crippen molar-refractivity contribution in [3.8, 4) is 0 Å². The Hall–Kier alpha value is -1.08. The first-order valence-corrected chi connectivity index (χ1v) is 8.68. The minimum Gasteiger partial charge on any atom is -0.330 e. The van der Waals surface area contributed by atoms with Crippen molar-refractivity contribution >= 4 is 38.6 Å². The Balaban J connectivity index is 2.23. The van der Waals surface area contributed by atoms with Gasteiger partial charge < -0.3 is 5.73 Å².